The van der Waals surface area contributed by atoms with Crippen molar-refractivity contribution in [3.8, 4) is 0 Å². The molecule has 0 spiro atoms. The van der Waals surface area contributed by atoms with Gasteiger partial charge in [0.2, 0.25) is 5.91 Å². The van der Waals surface area contributed by atoms with Gasteiger partial charge in [0.05, 0.1) is 5.69 Å². The van der Waals surface area contributed by atoms with Crippen LogP contribution >= 0.6 is 0 Å². The third-order valence-electron chi connectivity index (χ3n) is 4.83. The van der Waals surface area contributed by atoms with Crippen molar-refractivity contribution in [2.45, 2.75) is 13.3 Å². The molecule has 1 aliphatic rings. The predicted octanol–water partition coefficient (Wildman–Crippen LogP) is 2.39. The lowest BCUT2D eigenvalue weighted by Crippen LogP contribution is -2.53. The van der Waals surface area contributed by atoms with Crippen LogP contribution in [0.2, 0.25) is 0 Å². The SMILES string of the molecule is CN=C(NCCC(=O)Nc1cccc(C)n1)N1CCN(c2cc(F)ccc2F)CC1. The molecule has 0 aliphatic carbocycles. The molecule has 30 heavy (non-hydrogen) atoms. The van der Waals surface area contributed by atoms with E-state index < -0.39 is 11.6 Å². The summed E-state index contributed by atoms with van der Waals surface area (Å²) in [4.78, 5) is 24.5. The minimum atomic E-state index is -0.453. The van der Waals surface area contributed by atoms with E-state index in [1.165, 1.54) is 6.07 Å². The Balaban J connectivity index is 1.45. The Morgan fingerprint density at radius 2 is 1.93 bits per heavy atom. The molecule has 2 aromatic rings. The summed E-state index contributed by atoms with van der Waals surface area (Å²) in [6.07, 6.45) is 0.267. The number of aryl methyl sites for hydroxylation is 1. The van der Waals surface area contributed by atoms with Crippen molar-refractivity contribution in [1.82, 2.24) is 15.2 Å². The minimum absolute atomic E-state index is 0.137. The van der Waals surface area contributed by atoms with Gasteiger partial charge in [-0.3, -0.25) is 9.79 Å². The van der Waals surface area contributed by atoms with Crippen LogP contribution in [0.1, 0.15) is 12.1 Å². The molecule has 0 radical (unpaired) electrons. The number of aromatic nitrogens is 1. The van der Waals surface area contributed by atoms with Crippen molar-refractivity contribution in [3.63, 3.8) is 0 Å². The Morgan fingerprint density at radius 1 is 1.17 bits per heavy atom. The number of pyridine rings is 1. The maximum atomic E-state index is 14.0. The van der Waals surface area contributed by atoms with Crippen LogP contribution in [0.4, 0.5) is 20.3 Å². The zero-order valence-corrected chi connectivity index (χ0v) is 17.2. The van der Waals surface area contributed by atoms with Crippen LogP contribution in [0.25, 0.3) is 0 Å². The molecule has 1 aromatic heterocycles. The maximum Gasteiger partial charge on any atom is 0.227 e. The number of aliphatic imine (C=N–C) groups is 1. The number of nitrogens with one attached hydrogen (secondary N) is 2. The Kier molecular flexibility index (Phi) is 7.16. The number of hydrogen-bond donors (Lipinski definition) is 2. The standard InChI is InChI=1S/C21H26F2N6O/c1-15-4-3-5-19(26-15)27-20(30)8-9-25-21(24-2)29-12-10-28(11-13-29)18-14-16(22)6-7-17(18)23/h3-7,14H,8-13H2,1-2H3,(H,24,25)(H,26,27,30). The van der Waals surface area contributed by atoms with Crippen LogP contribution in [0.5, 0.6) is 0 Å². The van der Waals surface area contributed by atoms with Crippen LogP contribution < -0.4 is 15.5 Å². The summed E-state index contributed by atoms with van der Waals surface area (Å²) >= 11 is 0. The first-order valence-corrected chi connectivity index (χ1v) is 9.85. The maximum absolute atomic E-state index is 14.0. The molecule has 1 aromatic carbocycles. The van der Waals surface area contributed by atoms with Crippen LogP contribution in [-0.2, 0) is 4.79 Å². The van der Waals surface area contributed by atoms with Crippen LogP contribution in [0.3, 0.4) is 0 Å². The first kappa shape index (κ1) is 21.5. The molecule has 9 heteroatoms. The van der Waals surface area contributed by atoms with E-state index in [0.29, 0.717) is 44.5 Å². The zero-order chi connectivity index (χ0) is 21.5. The number of nitrogens with zero attached hydrogens (tertiary/aromatic N) is 4. The number of hydrogen-bond acceptors (Lipinski definition) is 4. The normalized spacial score (nSPS) is 14.6. The van der Waals surface area contributed by atoms with Gasteiger partial charge in [-0.2, -0.15) is 0 Å². The van der Waals surface area contributed by atoms with E-state index in [0.717, 1.165) is 17.8 Å². The average Bonchev–Trinajstić information content (AvgIpc) is 2.73. The second-order valence-corrected chi connectivity index (χ2v) is 7.01. The van der Waals surface area contributed by atoms with Crippen molar-refractivity contribution in [3.05, 3.63) is 53.7 Å². The number of halogens is 2. The summed E-state index contributed by atoms with van der Waals surface area (Å²) < 4.78 is 27.5. The third kappa shape index (κ3) is 5.65. The van der Waals surface area contributed by atoms with Crippen LogP contribution in [-0.4, -0.2) is 61.5 Å². The highest BCUT2D eigenvalue weighted by Crippen LogP contribution is 2.21. The summed E-state index contributed by atoms with van der Waals surface area (Å²) in [5, 5.41) is 5.96. The number of benzene rings is 1. The lowest BCUT2D eigenvalue weighted by Gasteiger charge is -2.37. The minimum Gasteiger partial charge on any atom is -0.366 e. The molecule has 0 saturated carbocycles. The van der Waals surface area contributed by atoms with Crippen molar-refractivity contribution in [1.29, 1.82) is 0 Å². The lowest BCUT2D eigenvalue weighted by atomic mass is 10.2. The van der Waals surface area contributed by atoms with Gasteiger partial charge in [0, 0.05) is 58.0 Å². The molecule has 1 saturated heterocycles. The molecule has 160 valence electrons. The second kappa shape index (κ2) is 10.00. The summed E-state index contributed by atoms with van der Waals surface area (Å²) in [6, 6.07) is 8.94. The van der Waals surface area contributed by atoms with E-state index in [2.05, 4.69) is 20.6 Å². The third-order valence-corrected chi connectivity index (χ3v) is 4.83. The summed E-state index contributed by atoms with van der Waals surface area (Å²) in [6.45, 7) is 4.58. The molecule has 2 heterocycles. The fraction of sp³-hybridized carbons (Fsp3) is 0.381. The largest absolute Gasteiger partial charge is 0.366 e. The van der Waals surface area contributed by atoms with E-state index >= 15 is 0 Å². The molecular formula is C21H26F2N6O. The van der Waals surface area contributed by atoms with Crippen molar-refractivity contribution < 1.29 is 13.6 Å². The monoisotopic (exact) mass is 416 g/mol. The van der Waals surface area contributed by atoms with Gasteiger partial charge in [0.15, 0.2) is 5.96 Å². The molecule has 2 N–H and O–H groups in total. The smallest absolute Gasteiger partial charge is 0.227 e. The number of carbonyl (C=O) groups excluding carboxylic acids is 1. The molecule has 0 atom stereocenters. The van der Waals surface area contributed by atoms with Gasteiger partial charge in [0.25, 0.3) is 0 Å². The average molecular weight is 416 g/mol. The highest BCUT2D eigenvalue weighted by Gasteiger charge is 2.22. The van der Waals surface area contributed by atoms with Crippen molar-refractivity contribution in [2.24, 2.45) is 4.99 Å². The van der Waals surface area contributed by atoms with E-state index in [4.69, 9.17) is 0 Å². The number of amides is 1. The highest BCUT2D eigenvalue weighted by molar-refractivity contribution is 5.90. The first-order valence-electron chi connectivity index (χ1n) is 9.85. The summed E-state index contributed by atoms with van der Waals surface area (Å²) in [7, 11) is 1.68. The van der Waals surface area contributed by atoms with E-state index in [9.17, 15) is 13.6 Å². The number of carbonyl (C=O) groups is 1. The highest BCUT2D eigenvalue weighted by atomic mass is 19.1. The number of rotatable bonds is 5. The molecule has 0 bridgehead atoms. The van der Waals surface area contributed by atoms with E-state index in [1.54, 1.807) is 13.1 Å². The fourth-order valence-electron chi connectivity index (χ4n) is 3.33. The molecule has 7 nitrogen and oxygen atoms in total. The van der Waals surface area contributed by atoms with Gasteiger partial charge in [-0.05, 0) is 31.2 Å². The Labute approximate surface area is 174 Å². The molecule has 0 unspecified atom stereocenters. The zero-order valence-electron chi connectivity index (χ0n) is 17.2. The topological polar surface area (TPSA) is 72.9 Å². The van der Waals surface area contributed by atoms with E-state index in [-0.39, 0.29) is 18.0 Å². The van der Waals surface area contributed by atoms with Gasteiger partial charge in [-0.1, -0.05) is 6.07 Å². The summed E-state index contributed by atoms with van der Waals surface area (Å²) in [5.74, 6) is 0.190. The van der Waals surface area contributed by atoms with Gasteiger partial charge < -0.3 is 20.4 Å². The van der Waals surface area contributed by atoms with Gasteiger partial charge in [-0.25, -0.2) is 13.8 Å². The molecule has 1 fully saturated rings. The van der Waals surface area contributed by atoms with Gasteiger partial charge in [-0.15, -0.1) is 0 Å². The fourth-order valence-corrected chi connectivity index (χ4v) is 3.33. The lowest BCUT2D eigenvalue weighted by molar-refractivity contribution is -0.116. The van der Waals surface area contributed by atoms with E-state index in [1.807, 2.05) is 28.9 Å². The van der Waals surface area contributed by atoms with Gasteiger partial charge in [0.1, 0.15) is 17.5 Å². The predicted molar refractivity (Wildman–Crippen MR) is 114 cm³/mol. The number of piperazine rings is 1. The van der Waals surface area contributed by atoms with Gasteiger partial charge >= 0.3 is 0 Å². The second-order valence-electron chi connectivity index (χ2n) is 7.01. The van der Waals surface area contributed by atoms with Crippen LogP contribution in [0.15, 0.2) is 41.4 Å². The number of anilines is 2. The van der Waals surface area contributed by atoms with Crippen LogP contribution in [0, 0.1) is 18.6 Å². The first-order chi connectivity index (χ1) is 14.5. The Bertz CT molecular complexity index is 912. The molecule has 3 rings (SSSR count). The molecule has 1 aliphatic heterocycles. The summed E-state index contributed by atoms with van der Waals surface area (Å²) in [5.41, 5.74) is 1.11. The van der Waals surface area contributed by atoms with Crippen molar-refractivity contribution in [2.75, 3.05) is 50.0 Å². The number of guanidine groups is 1. The Hall–Kier alpha value is -3.23. The molecule has 1 amide bonds. The quantitative estimate of drug-likeness (QED) is 0.579. The van der Waals surface area contributed by atoms with Crippen molar-refractivity contribution >= 4 is 23.4 Å². The Morgan fingerprint density at radius 3 is 2.63 bits per heavy atom. The molecular weight excluding hydrogens is 390 g/mol.